The van der Waals surface area contributed by atoms with Crippen LogP contribution in [0.5, 0.6) is 0 Å². The highest BCUT2D eigenvalue weighted by Crippen LogP contribution is 2.10. The molecule has 2 nitrogen and oxygen atoms in total. The number of hydrogen-bond acceptors (Lipinski definition) is 3. The van der Waals surface area contributed by atoms with Gasteiger partial charge in [0.1, 0.15) is 0 Å². The van der Waals surface area contributed by atoms with E-state index >= 15 is 0 Å². The fourth-order valence-electron chi connectivity index (χ4n) is 1.73. The Bertz CT molecular complexity index is 346. The minimum absolute atomic E-state index is 0.239. The quantitative estimate of drug-likeness (QED) is 0.426. The number of hydrogen-bond donors (Lipinski definition) is 1. The summed E-state index contributed by atoms with van der Waals surface area (Å²) in [5, 5.41) is 0. The molecular weight excluding hydrogens is 244 g/mol. The molecule has 3 heteroatoms. The molecule has 100 valence electrons. The predicted octanol–water partition coefficient (Wildman–Crippen LogP) is 4.49. The highest BCUT2D eigenvalue weighted by atomic mass is 32.1. The third kappa shape index (κ3) is 6.10. The van der Waals surface area contributed by atoms with Crippen molar-refractivity contribution in [3.8, 4) is 0 Å². The van der Waals surface area contributed by atoms with Gasteiger partial charge in [-0.3, -0.25) is 0 Å². The van der Waals surface area contributed by atoms with Gasteiger partial charge in [-0.1, -0.05) is 39.0 Å². The maximum absolute atomic E-state index is 11.6. The lowest BCUT2D eigenvalue weighted by molar-refractivity contribution is 0.0497. The molecule has 18 heavy (non-hydrogen) atoms. The van der Waals surface area contributed by atoms with E-state index in [1.54, 1.807) is 24.3 Å². The molecular formula is C15H22O2S. The van der Waals surface area contributed by atoms with Crippen LogP contribution in [0.2, 0.25) is 0 Å². The molecule has 0 aliphatic carbocycles. The molecule has 0 N–H and O–H groups in total. The lowest BCUT2D eigenvalue weighted by Gasteiger charge is -2.05. The molecule has 0 fully saturated rings. The first-order chi connectivity index (χ1) is 8.74. The zero-order chi connectivity index (χ0) is 13.2. The van der Waals surface area contributed by atoms with E-state index in [4.69, 9.17) is 4.74 Å². The zero-order valence-electron chi connectivity index (χ0n) is 11.0. The largest absolute Gasteiger partial charge is 0.462 e. The lowest BCUT2D eigenvalue weighted by Crippen LogP contribution is -2.06. The van der Waals surface area contributed by atoms with Crippen LogP contribution in [0.25, 0.3) is 0 Å². The summed E-state index contributed by atoms with van der Waals surface area (Å²) in [6.45, 7) is 2.73. The van der Waals surface area contributed by atoms with Gasteiger partial charge < -0.3 is 4.74 Å². The fourth-order valence-corrected chi connectivity index (χ4v) is 1.88. The molecule has 0 saturated carbocycles. The van der Waals surface area contributed by atoms with Gasteiger partial charge in [-0.05, 0) is 30.7 Å². The van der Waals surface area contributed by atoms with Gasteiger partial charge in [0.25, 0.3) is 0 Å². The average Bonchev–Trinajstić information content (AvgIpc) is 2.38. The Morgan fingerprint density at radius 2 is 1.67 bits per heavy atom. The Kier molecular flexibility index (Phi) is 7.58. The lowest BCUT2D eigenvalue weighted by atomic mass is 10.1. The number of rotatable bonds is 8. The molecule has 0 aromatic heterocycles. The van der Waals surface area contributed by atoms with Crippen LogP contribution in [-0.4, -0.2) is 12.6 Å². The van der Waals surface area contributed by atoms with Crippen molar-refractivity contribution in [3.05, 3.63) is 29.8 Å². The van der Waals surface area contributed by atoms with E-state index in [1.165, 1.54) is 25.7 Å². The summed E-state index contributed by atoms with van der Waals surface area (Å²) < 4.78 is 5.21. The van der Waals surface area contributed by atoms with Gasteiger partial charge in [0.2, 0.25) is 0 Å². The van der Waals surface area contributed by atoms with Crippen molar-refractivity contribution in [2.24, 2.45) is 0 Å². The minimum atomic E-state index is -0.239. The molecule has 1 rings (SSSR count). The summed E-state index contributed by atoms with van der Waals surface area (Å²) >= 11 is 4.17. The third-order valence-electron chi connectivity index (χ3n) is 2.83. The van der Waals surface area contributed by atoms with Gasteiger partial charge in [0.15, 0.2) is 0 Å². The van der Waals surface area contributed by atoms with E-state index in [2.05, 4.69) is 19.6 Å². The number of carbonyl (C=O) groups excluding carboxylic acids is 1. The standard InChI is InChI=1S/C15H22O2S/c1-2-3-4-5-6-7-12-17-15(16)13-8-10-14(18)11-9-13/h8-11,18H,2-7,12H2,1H3. The molecule has 0 amide bonds. The summed E-state index contributed by atoms with van der Waals surface area (Å²) in [4.78, 5) is 12.5. The van der Waals surface area contributed by atoms with E-state index in [0.717, 1.165) is 17.7 Å². The van der Waals surface area contributed by atoms with Crippen LogP contribution in [0, 0.1) is 0 Å². The highest BCUT2D eigenvalue weighted by Gasteiger charge is 2.05. The van der Waals surface area contributed by atoms with Crippen LogP contribution >= 0.6 is 12.6 Å². The van der Waals surface area contributed by atoms with Gasteiger partial charge in [-0.25, -0.2) is 4.79 Å². The molecule has 0 bridgehead atoms. The summed E-state index contributed by atoms with van der Waals surface area (Å²) in [6, 6.07) is 7.08. The number of esters is 1. The second kappa shape index (κ2) is 9.03. The van der Waals surface area contributed by atoms with E-state index in [9.17, 15) is 4.79 Å². The van der Waals surface area contributed by atoms with Crippen LogP contribution in [0.15, 0.2) is 29.2 Å². The van der Waals surface area contributed by atoms with Gasteiger partial charge in [-0.15, -0.1) is 12.6 Å². The second-order valence-electron chi connectivity index (χ2n) is 4.45. The third-order valence-corrected chi connectivity index (χ3v) is 3.13. The molecule has 0 aliphatic rings. The molecule has 0 spiro atoms. The Morgan fingerprint density at radius 1 is 1.06 bits per heavy atom. The number of carbonyl (C=O) groups is 1. The summed E-state index contributed by atoms with van der Waals surface area (Å²) in [6.07, 6.45) is 7.18. The highest BCUT2D eigenvalue weighted by molar-refractivity contribution is 7.80. The molecule has 0 atom stereocenters. The number of ether oxygens (including phenoxy) is 1. The van der Waals surface area contributed by atoms with Gasteiger partial charge in [0.05, 0.1) is 12.2 Å². The first-order valence-corrected chi connectivity index (χ1v) is 7.15. The Hall–Kier alpha value is -0.960. The summed E-state index contributed by atoms with van der Waals surface area (Å²) in [7, 11) is 0. The maximum Gasteiger partial charge on any atom is 0.338 e. The van der Waals surface area contributed by atoms with Crippen molar-refractivity contribution >= 4 is 18.6 Å². The van der Waals surface area contributed by atoms with Crippen molar-refractivity contribution in [3.63, 3.8) is 0 Å². The number of thiol groups is 1. The number of unbranched alkanes of at least 4 members (excludes halogenated alkanes) is 5. The Morgan fingerprint density at radius 3 is 2.33 bits per heavy atom. The topological polar surface area (TPSA) is 26.3 Å². The van der Waals surface area contributed by atoms with Crippen LogP contribution in [0.4, 0.5) is 0 Å². The normalized spacial score (nSPS) is 10.3. The first kappa shape index (κ1) is 15.1. The Balaban J connectivity index is 2.12. The summed E-state index contributed by atoms with van der Waals surface area (Å²) in [5.41, 5.74) is 0.596. The molecule has 0 heterocycles. The van der Waals surface area contributed by atoms with Gasteiger partial charge in [0, 0.05) is 4.90 Å². The molecule has 0 unspecified atom stereocenters. The predicted molar refractivity (Wildman–Crippen MR) is 77.4 cm³/mol. The first-order valence-electron chi connectivity index (χ1n) is 6.70. The van der Waals surface area contributed by atoms with Crippen LogP contribution < -0.4 is 0 Å². The Labute approximate surface area is 115 Å². The van der Waals surface area contributed by atoms with Gasteiger partial charge in [-0.2, -0.15) is 0 Å². The van der Waals surface area contributed by atoms with E-state index in [-0.39, 0.29) is 5.97 Å². The van der Waals surface area contributed by atoms with Gasteiger partial charge >= 0.3 is 5.97 Å². The van der Waals surface area contributed by atoms with Crippen molar-refractivity contribution in [1.82, 2.24) is 0 Å². The van der Waals surface area contributed by atoms with Crippen molar-refractivity contribution in [2.45, 2.75) is 50.3 Å². The molecule has 1 aromatic carbocycles. The maximum atomic E-state index is 11.6. The minimum Gasteiger partial charge on any atom is -0.462 e. The SMILES string of the molecule is CCCCCCCCOC(=O)c1ccc(S)cc1. The molecule has 0 radical (unpaired) electrons. The van der Waals surface area contributed by atoms with Crippen LogP contribution in [0.3, 0.4) is 0 Å². The zero-order valence-corrected chi connectivity index (χ0v) is 11.9. The molecule has 0 saturated heterocycles. The van der Waals surface area contributed by atoms with E-state index in [0.29, 0.717) is 12.2 Å². The smallest absolute Gasteiger partial charge is 0.338 e. The molecule has 0 aliphatic heterocycles. The van der Waals surface area contributed by atoms with Crippen molar-refractivity contribution < 1.29 is 9.53 Å². The fraction of sp³-hybridized carbons (Fsp3) is 0.533. The van der Waals surface area contributed by atoms with Crippen molar-refractivity contribution in [1.29, 1.82) is 0 Å². The van der Waals surface area contributed by atoms with Crippen LogP contribution in [-0.2, 0) is 4.74 Å². The number of benzene rings is 1. The van der Waals surface area contributed by atoms with Crippen molar-refractivity contribution in [2.75, 3.05) is 6.61 Å². The molecule has 1 aromatic rings. The average molecular weight is 266 g/mol. The summed E-state index contributed by atoms with van der Waals surface area (Å²) in [5.74, 6) is -0.239. The monoisotopic (exact) mass is 266 g/mol. The van der Waals surface area contributed by atoms with Crippen LogP contribution in [0.1, 0.15) is 55.8 Å². The second-order valence-corrected chi connectivity index (χ2v) is 4.97. The van der Waals surface area contributed by atoms with E-state index < -0.39 is 0 Å². The van der Waals surface area contributed by atoms with E-state index in [1.807, 2.05) is 0 Å².